The molecule has 0 bridgehead atoms. The molecule has 0 radical (unpaired) electrons. The number of amides is 2. The Morgan fingerprint density at radius 2 is 1.50 bits per heavy atom. The molecule has 2 aromatic carbocycles. The third-order valence-electron chi connectivity index (χ3n) is 8.04. The Balaban J connectivity index is 1.21. The second-order valence-corrected chi connectivity index (χ2v) is 10.6. The van der Waals surface area contributed by atoms with E-state index in [0.717, 1.165) is 61.2 Å². The van der Waals surface area contributed by atoms with Crippen LogP contribution < -0.4 is 10.6 Å². The summed E-state index contributed by atoms with van der Waals surface area (Å²) in [5.41, 5.74) is 2.76. The zero-order chi connectivity index (χ0) is 28.2. The van der Waals surface area contributed by atoms with Gasteiger partial charge in [0, 0.05) is 37.1 Å². The van der Waals surface area contributed by atoms with Crippen LogP contribution in [-0.2, 0) is 10.2 Å². The lowest BCUT2D eigenvalue weighted by molar-refractivity contribution is -0.141. The van der Waals surface area contributed by atoms with E-state index in [0.29, 0.717) is 18.4 Å². The monoisotopic (exact) mass is 550 g/mol. The molecular formula is C31H33F3N4O2. The van der Waals surface area contributed by atoms with Crippen molar-refractivity contribution in [3.63, 3.8) is 0 Å². The molecule has 2 amide bonds. The fraction of sp³-hybridized carbons (Fsp3) is 0.387. The first kappa shape index (κ1) is 27.8. The SMILES string of the molecule is O=C(NC1CCN(CCCCC2(C(=O)NCC(F)(F)F)c3ccccc3-c3ccccc32)CC1)c1ccncc1. The highest BCUT2D eigenvalue weighted by atomic mass is 19.4. The molecule has 0 unspecified atom stereocenters. The number of nitrogens with one attached hydrogen (secondary N) is 2. The van der Waals surface area contributed by atoms with E-state index in [4.69, 9.17) is 0 Å². The summed E-state index contributed by atoms with van der Waals surface area (Å²) in [6.45, 7) is 1.17. The second-order valence-electron chi connectivity index (χ2n) is 10.6. The third-order valence-corrected chi connectivity index (χ3v) is 8.04. The lowest BCUT2D eigenvalue weighted by Crippen LogP contribution is -2.47. The summed E-state index contributed by atoms with van der Waals surface area (Å²) in [5.74, 6) is -0.694. The fourth-order valence-corrected chi connectivity index (χ4v) is 6.08. The maximum Gasteiger partial charge on any atom is 0.405 e. The molecule has 1 fully saturated rings. The van der Waals surface area contributed by atoms with Gasteiger partial charge < -0.3 is 15.5 Å². The van der Waals surface area contributed by atoms with Crippen molar-refractivity contribution in [2.45, 2.75) is 49.7 Å². The number of carbonyl (C=O) groups excluding carboxylic acids is 2. The van der Waals surface area contributed by atoms with Crippen molar-refractivity contribution >= 4 is 11.8 Å². The molecule has 6 nitrogen and oxygen atoms in total. The highest BCUT2D eigenvalue weighted by molar-refractivity contribution is 6.00. The molecule has 210 valence electrons. The molecule has 9 heteroatoms. The van der Waals surface area contributed by atoms with Gasteiger partial charge in [-0.15, -0.1) is 0 Å². The molecule has 40 heavy (non-hydrogen) atoms. The van der Waals surface area contributed by atoms with Crippen LogP contribution in [-0.4, -0.2) is 60.1 Å². The smallest absolute Gasteiger partial charge is 0.349 e. The van der Waals surface area contributed by atoms with Crippen LogP contribution in [0.25, 0.3) is 11.1 Å². The number of benzene rings is 2. The second kappa shape index (κ2) is 11.8. The van der Waals surface area contributed by atoms with E-state index in [9.17, 15) is 22.8 Å². The number of rotatable bonds is 9. The molecule has 0 atom stereocenters. The van der Waals surface area contributed by atoms with E-state index < -0.39 is 24.0 Å². The topological polar surface area (TPSA) is 74.3 Å². The van der Waals surface area contributed by atoms with Gasteiger partial charge in [0.05, 0.1) is 0 Å². The van der Waals surface area contributed by atoms with Crippen LogP contribution in [0.5, 0.6) is 0 Å². The number of alkyl halides is 3. The zero-order valence-electron chi connectivity index (χ0n) is 22.2. The Morgan fingerprint density at radius 3 is 2.10 bits per heavy atom. The lowest BCUT2D eigenvalue weighted by atomic mass is 9.73. The van der Waals surface area contributed by atoms with Gasteiger partial charge in [-0.25, -0.2) is 0 Å². The van der Waals surface area contributed by atoms with Gasteiger partial charge in [0.1, 0.15) is 12.0 Å². The molecule has 0 spiro atoms. The number of carbonyl (C=O) groups is 2. The highest BCUT2D eigenvalue weighted by Crippen LogP contribution is 2.51. The Morgan fingerprint density at radius 1 is 0.900 bits per heavy atom. The Kier molecular flexibility index (Phi) is 8.21. The van der Waals surface area contributed by atoms with E-state index in [1.54, 1.807) is 24.5 Å². The van der Waals surface area contributed by atoms with Gasteiger partial charge in [-0.05, 0) is 66.6 Å². The molecule has 2 N–H and O–H groups in total. The maximum absolute atomic E-state index is 13.6. The molecule has 2 aliphatic rings. The number of likely N-dealkylation sites (tertiary alicyclic amines) is 1. The normalized spacial score (nSPS) is 16.7. The van der Waals surface area contributed by atoms with Crippen molar-refractivity contribution in [1.82, 2.24) is 20.5 Å². The van der Waals surface area contributed by atoms with Gasteiger partial charge in [-0.3, -0.25) is 14.6 Å². The summed E-state index contributed by atoms with van der Waals surface area (Å²) in [7, 11) is 0. The molecule has 1 aliphatic heterocycles. The van der Waals surface area contributed by atoms with Gasteiger partial charge in [0.25, 0.3) is 5.91 Å². The van der Waals surface area contributed by atoms with Gasteiger partial charge >= 0.3 is 6.18 Å². The van der Waals surface area contributed by atoms with Crippen molar-refractivity contribution in [3.8, 4) is 11.1 Å². The highest BCUT2D eigenvalue weighted by Gasteiger charge is 2.49. The predicted octanol–water partition coefficient (Wildman–Crippen LogP) is 5.09. The van der Waals surface area contributed by atoms with E-state index >= 15 is 0 Å². The van der Waals surface area contributed by atoms with Gasteiger partial charge in [-0.2, -0.15) is 13.2 Å². The van der Waals surface area contributed by atoms with E-state index in [-0.39, 0.29) is 11.9 Å². The minimum Gasteiger partial charge on any atom is -0.349 e. The lowest BCUT2D eigenvalue weighted by Gasteiger charge is -2.33. The summed E-state index contributed by atoms with van der Waals surface area (Å²) >= 11 is 0. The number of hydrogen-bond donors (Lipinski definition) is 2. The van der Waals surface area contributed by atoms with E-state index in [2.05, 4.69) is 20.5 Å². The zero-order valence-corrected chi connectivity index (χ0v) is 22.2. The van der Waals surface area contributed by atoms with Crippen molar-refractivity contribution in [2.75, 3.05) is 26.2 Å². The molecule has 0 saturated carbocycles. The molecule has 5 rings (SSSR count). The minimum absolute atomic E-state index is 0.0907. The summed E-state index contributed by atoms with van der Waals surface area (Å²) in [6.07, 6.45) is 2.33. The van der Waals surface area contributed by atoms with Crippen molar-refractivity contribution in [3.05, 3.63) is 89.7 Å². The Labute approximate surface area is 232 Å². The number of hydrogen-bond acceptors (Lipinski definition) is 4. The van der Waals surface area contributed by atoms with Crippen molar-refractivity contribution in [1.29, 1.82) is 0 Å². The average molecular weight is 551 g/mol. The Hall–Kier alpha value is -3.72. The van der Waals surface area contributed by atoms with Crippen LogP contribution in [0.1, 0.15) is 53.6 Å². The molecule has 1 saturated heterocycles. The quantitative estimate of drug-likeness (QED) is 0.364. The van der Waals surface area contributed by atoms with Crippen LogP contribution >= 0.6 is 0 Å². The number of fused-ring (bicyclic) bond motifs is 3. The number of nitrogens with zero attached hydrogens (tertiary/aromatic N) is 2. The number of halogens is 3. The average Bonchev–Trinajstić information content (AvgIpc) is 3.26. The largest absolute Gasteiger partial charge is 0.405 e. The van der Waals surface area contributed by atoms with Crippen molar-refractivity contribution < 1.29 is 22.8 Å². The maximum atomic E-state index is 13.6. The molecule has 1 aromatic heterocycles. The molecule has 1 aliphatic carbocycles. The number of pyridine rings is 1. The summed E-state index contributed by atoms with van der Waals surface area (Å²) in [6, 6.07) is 18.6. The first-order chi connectivity index (χ1) is 19.3. The Bertz CT molecular complexity index is 1290. The van der Waals surface area contributed by atoms with Crippen LogP contribution in [0.2, 0.25) is 0 Å². The molecule has 3 aromatic rings. The van der Waals surface area contributed by atoms with Crippen LogP contribution in [0.15, 0.2) is 73.1 Å². The van der Waals surface area contributed by atoms with E-state index in [1.165, 1.54) is 0 Å². The van der Waals surface area contributed by atoms with Crippen LogP contribution in [0.4, 0.5) is 13.2 Å². The summed E-state index contributed by atoms with van der Waals surface area (Å²) in [5, 5.41) is 5.30. The van der Waals surface area contributed by atoms with Crippen molar-refractivity contribution in [2.24, 2.45) is 0 Å². The summed E-state index contributed by atoms with van der Waals surface area (Å²) in [4.78, 5) is 32.3. The van der Waals surface area contributed by atoms with Gasteiger partial charge in [-0.1, -0.05) is 55.0 Å². The standard InChI is InChI=1S/C31H33F3N4O2/c32-31(33,34)21-36-29(40)30(26-9-3-1-7-24(26)25-8-2-4-10-27(25)30)15-5-6-18-38-19-13-23(14-20-38)37-28(39)22-11-16-35-17-12-22/h1-4,7-12,16-17,23H,5-6,13-15,18-21H2,(H,36,40)(H,37,39). The first-order valence-electron chi connectivity index (χ1n) is 13.8. The van der Waals surface area contributed by atoms with Gasteiger partial charge in [0.15, 0.2) is 0 Å². The third kappa shape index (κ3) is 5.89. The van der Waals surface area contributed by atoms with Gasteiger partial charge in [0.2, 0.25) is 5.91 Å². The van der Waals surface area contributed by atoms with Crippen LogP contribution in [0.3, 0.4) is 0 Å². The van der Waals surface area contributed by atoms with Crippen LogP contribution in [0, 0.1) is 0 Å². The predicted molar refractivity (Wildman–Crippen MR) is 147 cm³/mol. The molecular weight excluding hydrogens is 517 g/mol. The summed E-state index contributed by atoms with van der Waals surface area (Å²) < 4.78 is 39.2. The number of piperidine rings is 1. The van der Waals surface area contributed by atoms with E-state index in [1.807, 2.05) is 48.5 Å². The number of aromatic nitrogens is 1. The minimum atomic E-state index is -4.49. The fourth-order valence-electron chi connectivity index (χ4n) is 6.08. The number of unbranched alkanes of at least 4 members (excludes halogenated alkanes) is 1. The first-order valence-corrected chi connectivity index (χ1v) is 13.8. The molecule has 2 heterocycles.